The molecule has 1 unspecified atom stereocenters. The van der Waals surface area contributed by atoms with Gasteiger partial charge >= 0.3 is 0 Å². The van der Waals surface area contributed by atoms with Gasteiger partial charge in [0, 0.05) is 6.54 Å². The molecule has 0 aromatic heterocycles. The van der Waals surface area contributed by atoms with Crippen LogP contribution in [0.5, 0.6) is 0 Å². The highest BCUT2D eigenvalue weighted by Gasteiger charge is 2.52. The quantitative estimate of drug-likeness (QED) is 0.748. The van der Waals surface area contributed by atoms with Crippen molar-refractivity contribution in [1.82, 2.24) is 10.2 Å². The second-order valence-corrected chi connectivity index (χ2v) is 6.68. The first-order valence-corrected chi connectivity index (χ1v) is 8.19. The van der Waals surface area contributed by atoms with Gasteiger partial charge in [-0.2, -0.15) is 0 Å². The summed E-state index contributed by atoms with van der Waals surface area (Å²) in [5, 5.41) is 3.68. The Balaban J connectivity index is 1.99. The Morgan fingerprint density at radius 2 is 1.95 bits per heavy atom. The molecule has 3 nitrogen and oxygen atoms in total. The number of hydrogen-bond donors (Lipinski definition) is 1. The van der Waals surface area contributed by atoms with Crippen molar-refractivity contribution in [1.29, 1.82) is 0 Å². The van der Waals surface area contributed by atoms with Crippen molar-refractivity contribution in [2.45, 2.75) is 83.8 Å². The van der Waals surface area contributed by atoms with E-state index in [-0.39, 0.29) is 11.7 Å². The summed E-state index contributed by atoms with van der Waals surface area (Å²) in [6.07, 6.45) is 9.68. The fourth-order valence-electron chi connectivity index (χ4n) is 3.64. The van der Waals surface area contributed by atoms with Crippen LogP contribution in [-0.2, 0) is 4.79 Å². The minimum absolute atomic E-state index is 0.195. The summed E-state index contributed by atoms with van der Waals surface area (Å²) in [7, 11) is 0. The topological polar surface area (TPSA) is 32.3 Å². The summed E-state index contributed by atoms with van der Waals surface area (Å²) < 4.78 is 0. The van der Waals surface area contributed by atoms with Crippen LogP contribution in [0.2, 0.25) is 0 Å². The van der Waals surface area contributed by atoms with Crippen molar-refractivity contribution in [3.05, 3.63) is 0 Å². The van der Waals surface area contributed by atoms with E-state index in [0.717, 1.165) is 25.8 Å². The molecule has 110 valence electrons. The van der Waals surface area contributed by atoms with Gasteiger partial charge in [-0.05, 0) is 25.2 Å². The van der Waals surface area contributed by atoms with Crippen molar-refractivity contribution in [2.24, 2.45) is 5.92 Å². The van der Waals surface area contributed by atoms with Gasteiger partial charge in [0.2, 0.25) is 5.91 Å². The molecule has 0 bridgehead atoms. The Morgan fingerprint density at radius 3 is 2.53 bits per heavy atom. The summed E-state index contributed by atoms with van der Waals surface area (Å²) in [5.41, 5.74) is -0.195. The van der Waals surface area contributed by atoms with Crippen LogP contribution in [0, 0.1) is 5.92 Å². The Labute approximate surface area is 118 Å². The van der Waals surface area contributed by atoms with E-state index in [1.54, 1.807) is 0 Å². The van der Waals surface area contributed by atoms with E-state index in [2.05, 4.69) is 31.0 Å². The van der Waals surface area contributed by atoms with Gasteiger partial charge in [0.25, 0.3) is 0 Å². The maximum absolute atomic E-state index is 12.8. The Kier molecular flexibility index (Phi) is 4.88. The summed E-state index contributed by atoms with van der Waals surface area (Å²) in [5.74, 6) is 0.885. The molecule has 0 aromatic carbocycles. The van der Waals surface area contributed by atoms with Crippen molar-refractivity contribution >= 4 is 5.91 Å². The van der Waals surface area contributed by atoms with Crippen LogP contribution < -0.4 is 5.32 Å². The second-order valence-electron chi connectivity index (χ2n) is 6.68. The predicted molar refractivity (Wildman–Crippen MR) is 78.8 cm³/mol. The third kappa shape index (κ3) is 2.96. The van der Waals surface area contributed by atoms with Gasteiger partial charge in [-0.3, -0.25) is 10.1 Å². The zero-order chi connectivity index (χ0) is 13.9. The number of carbonyl (C=O) groups is 1. The summed E-state index contributed by atoms with van der Waals surface area (Å²) in [6, 6.07) is 0. The smallest absolute Gasteiger partial charge is 0.244 e. The van der Waals surface area contributed by atoms with Crippen LogP contribution in [-0.4, -0.2) is 29.1 Å². The van der Waals surface area contributed by atoms with Gasteiger partial charge in [-0.15, -0.1) is 0 Å². The van der Waals surface area contributed by atoms with Crippen molar-refractivity contribution in [3.8, 4) is 0 Å². The minimum atomic E-state index is -0.195. The van der Waals surface area contributed by atoms with Gasteiger partial charge in [-0.1, -0.05) is 52.9 Å². The molecule has 1 aliphatic heterocycles. The lowest BCUT2D eigenvalue weighted by atomic mass is 9.98. The van der Waals surface area contributed by atoms with Gasteiger partial charge in [0.15, 0.2) is 0 Å². The zero-order valence-corrected chi connectivity index (χ0v) is 12.9. The standard InChI is InChI=1S/C16H30N2O/c1-4-5-6-9-12-18-14(13(2)3)17-16(15(18)19)10-7-8-11-16/h13-14,17H,4-12H2,1-3H3. The number of nitrogens with zero attached hydrogens (tertiary/aromatic N) is 1. The van der Waals surface area contributed by atoms with Crippen LogP contribution in [0.1, 0.15) is 72.1 Å². The molecule has 1 aliphatic carbocycles. The van der Waals surface area contributed by atoms with E-state index >= 15 is 0 Å². The van der Waals surface area contributed by atoms with Crippen LogP contribution in [0.25, 0.3) is 0 Å². The van der Waals surface area contributed by atoms with Gasteiger partial charge < -0.3 is 4.90 Å². The highest BCUT2D eigenvalue weighted by Crippen LogP contribution is 2.37. The molecule has 1 amide bonds. The molecule has 1 saturated heterocycles. The average molecular weight is 266 g/mol. The Morgan fingerprint density at radius 1 is 1.26 bits per heavy atom. The van der Waals surface area contributed by atoms with Crippen LogP contribution in [0.3, 0.4) is 0 Å². The molecule has 19 heavy (non-hydrogen) atoms. The van der Waals surface area contributed by atoms with E-state index in [0.29, 0.717) is 11.8 Å². The largest absolute Gasteiger partial charge is 0.325 e. The molecule has 2 rings (SSSR count). The van der Waals surface area contributed by atoms with Gasteiger partial charge in [0.05, 0.1) is 11.7 Å². The first-order valence-electron chi connectivity index (χ1n) is 8.19. The van der Waals surface area contributed by atoms with Gasteiger partial charge in [-0.25, -0.2) is 0 Å². The zero-order valence-electron chi connectivity index (χ0n) is 12.9. The number of rotatable bonds is 6. The summed E-state index contributed by atoms with van der Waals surface area (Å²) >= 11 is 0. The minimum Gasteiger partial charge on any atom is -0.325 e. The molecule has 1 N–H and O–H groups in total. The molecule has 1 heterocycles. The molecule has 1 atom stereocenters. The Hall–Kier alpha value is -0.570. The highest BCUT2D eigenvalue weighted by atomic mass is 16.2. The van der Waals surface area contributed by atoms with Crippen molar-refractivity contribution in [2.75, 3.05) is 6.54 Å². The molecule has 2 fully saturated rings. The lowest BCUT2D eigenvalue weighted by Crippen LogP contribution is -2.45. The van der Waals surface area contributed by atoms with Crippen LogP contribution in [0.4, 0.5) is 0 Å². The van der Waals surface area contributed by atoms with Crippen molar-refractivity contribution in [3.63, 3.8) is 0 Å². The summed E-state index contributed by atoms with van der Waals surface area (Å²) in [6.45, 7) is 7.61. The van der Waals surface area contributed by atoms with E-state index in [1.165, 1.54) is 32.1 Å². The monoisotopic (exact) mass is 266 g/mol. The number of nitrogens with one attached hydrogen (secondary N) is 1. The number of unbranched alkanes of at least 4 members (excludes halogenated alkanes) is 3. The lowest BCUT2D eigenvalue weighted by Gasteiger charge is -2.27. The maximum atomic E-state index is 12.8. The molecule has 2 aliphatic rings. The Bertz CT molecular complexity index is 308. The fraction of sp³-hybridized carbons (Fsp3) is 0.938. The predicted octanol–water partition coefficient (Wildman–Crippen LogP) is 3.29. The normalized spacial score (nSPS) is 26.0. The molecular formula is C16H30N2O. The number of hydrogen-bond acceptors (Lipinski definition) is 2. The second kappa shape index (κ2) is 6.25. The maximum Gasteiger partial charge on any atom is 0.244 e. The molecule has 0 aromatic rings. The first-order chi connectivity index (χ1) is 9.10. The molecule has 1 saturated carbocycles. The molecule has 3 heteroatoms. The lowest BCUT2D eigenvalue weighted by molar-refractivity contribution is -0.133. The highest BCUT2D eigenvalue weighted by molar-refractivity contribution is 5.89. The van der Waals surface area contributed by atoms with E-state index in [9.17, 15) is 4.79 Å². The first kappa shape index (κ1) is 14.8. The number of carbonyl (C=O) groups excluding carboxylic acids is 1. The third-order valence-electron chi connectivity index (χ3n) is 4.77. The van der Waals surface area contributed by atoms with E-state index in [4.69, 9.17) is 0 Å². The SMILES string of the molecule is CCCCCCN1C(=O)C2(CCCC2)NC1C(C)C. The molecule has 0 radical (unpaired) electrons. The van der Waals surface area contributed by atoms with Crippen LogP contribution >= 0.6 is 0 Å². The average Bonchev–Trinajstić information content (AvgIpc) is 2.95. The molecular weight excluding hydrogens is 236 g/mol. The molecule has 1 spiro atoms. The van der Waals surface area contributed by atoms with E-state index < -0.39 is 0 Å². The van der Waals surface area contributed by atoms with E-state index in [1.807, 2.05) is 0 Å². The summed E-state index contributed by atoms with van der Waals surface area (Å²) in [4.78, 5) is 14.9. The van der Waals surface area contributed by atoms with Crippen LogP contribution in [0.15, 0.2) is 0 Å². The number of amides is 1. The van der Waals surface area contributed by atoms with Gasteiger partial charge in [0.1, 0.15) is 0 Å². The van der Waals surface area contributed by atoms with Crippen molar-refractivity contribution < 1.29 is 4.79 Å². The fourth-order valence-corrected chi connectivity index (χ4v) is 3.64. The third-order valence-corrected chi connectivity index (χ3v) is 4.77.